The molecule has 0 radical (unpaired) electrons. The Morgan fingerprint density at radius 2 is 2.00 bits per heavy atom. The Hall–Kier alpha value is -0.970. The van der Waals surface area contributed by atoms with Gasteiger partial charge in [0, 0.05) is 25.4 Å². The molecule has 108 valence electrons. The second kappa shape index (κ2) is 7.58. The Morgan fingerprint density at radius 3 is 2.53 bits per heavy atom. The number of thioether (sulfide) groups is 1. The number of hydrogen-bond acceptors (Lipinski definition) is 4. The van der Waals surface area contributed by atoms with E-state index in [2.05, 4.69) is 42.1 Å². The third kappa shape index (κ3) is 4.56. The van der Waals surface area contributed by atoms with Gasteiger partial charge in [0.2, 0.25) is 5.95 Å². The molecule has 0 aliphatic rings. The maximum absolute atomic E-state index is 4.34. The summed E-state index contributed by atoms with van der Waals surface area (Å²) in [6.07, 6.45) is 5.44. The molecular formula is C14H26N4S. The van der Waals surface area contributed by atoms with Crippen LogP contribution in [0.5, 0.6) is 0 Å². The number of allylic oxidation sites excluding steroid dienone is 1. The minimum absolute atomic E-state index is 0.371. The standard InChI is InChI=1S/C14H26N4S/c1-7-8-9-10-12(4)19-14-16-15-13(17(5)6)18(14)11(2)3/h7,11-12H,1,8-10H2,2-6H3/t12-/m1/s1. The molecule has 0 bridgehead atoms. The largest absolute Gasteiger partial charge is 0.347 e. The Labute approximate surface area is 121 Å². The van der Waals surface area contributed by atoms with Crippen molar-refractivity contribution in [2.75, 3.05) is 19.0 Å². The van der Waals surface area contributed by atoms with E-state index in [-0.39, 0.29) is 0 Å². The normalized spacial score (nSPS) is 12.7. The lowest BCUT2D eigenvalue weighted by atomic mass is 10.2. The molecular weight excluding hydrogens is 256 g/mol. The van der Waals surface area contributed by atoms with Crippen LogP contribution < -0.4 is 4.90 Å². The summed E-state index contributed by atoms with van der Waals surface area (Å²) < 4.78 is 2.20. The monoisotopic (exact) mass is 282 g/mol. The molecule has 1 rings (SSSR count). The van der Waals surface area contributed by atoms with Crippen molar-refractivity contribution in [1.29, 1.82) is 0 Å². The fourth-order valence-electron chi connectivity index (χ4n) is 1.90. The van der Waals surface area contributed by atoms with E-state index in [4.69, 9.17) is 0 Å². The molecule has 0 aliphatic carbocycles. The highest BCUT2D eigenvalue weighted by molar-refractivity contribution is 7.99. The molecule has 0 unspecified atom stereocenters. The van der Waals surface area contributed by atoms with Gasteiger partial charge in [0.15, 0.2) is 5.16 Å². The van der Waals surface area contributed by atoms with Crippen molar-refractivity contribution >= 4 is 17.7 Å². The summed E-state index contributed by atoms with van der Waals surface area (Å²) in [6.45, 7) is 10.4. The van der Waals surface area contributed by atoms with Crippen LogP contribution in [0, 0.1) is 0 Å². The van der Waals surface area contributed by atoms with Gasteiger partial charge in [-0.25, -0.2) is 0 Å². The number of anilines is 1. The van der Waals surface area contributed by atoms with E-state index < -0.39 is 0 Å². The molecule has 0 fully saturated rings. The van der Waals surface area contributed by atoms with Crippen LogP contribution in [-0.2, 0) is 0 Å². The predicted octanol–water partition coefficient (Wildman–Crippen LogP) is 3.76. The highest BCUT2D eigenvalue weighted by atomic mass is 32.2. The van der Waals surface area contributed by atoms with Crippen molar-refractivity contribution in [2.45, 2.75) is 56.5 Å². The zero-order valence-electron chi connectivity index (χ0n) is 12.8. The van der Waals surface area contributed by atoms with Gasteiger partial charge in [0.25, 0.3) is 0 Å². The molecule has 0 spiro atoms. The van der Waals surface area contributed by atoms with Gasteiger partial charge in [-0.15, -0.1) is 16.8 Å². The molecule has 0 aromatic carbocycles. The van der Waals surface area contributed by atoms with E-state index in [1.54, 1.807) is 0 Å². The second-order valence-electron chi connectivity index (χ2n) is 5.29. The lowest BCUT2D eigenvalue weighted by Crippen LogP contribution is -2.17. The van der Waals surface area contributed by atoms with Crippen LogP contribution in [0.4, 0.5) is 5.95 Å². The van der Waals surface area contributed by atoms with Gasteiger partial charge in [0.1, 0.15) is 0 Å². The highest BCUT2D eigenvalue weighted by Gasteiger charge is 2.18. The first-order chi connectivity index (χ1) is 8.97. The Morgan fingerprint density at radius 1 is 1.32 bits per heavy atom. The molecule has 0 N–H and O–H groups in total. The van der Waals surface area contributed by atoms with E-state index in [1.807, 2.05) is 36.8 Å². The summed E-state index contributed by atoms with van der Waals surface area (Å²) in [5.41, 5.74) is 0. The van der Waals surface area contributed by atoms with Crippen molar-refractivity contribution in [3.05, 3.63) is 12.7 Å². The fourth-order valence-corrected chi connectivity index (χ4v) is 3.03. The van der Waals surface area contributed by atoms with Crippen molar-refractivity contribution in [3.8, 4) is 0 Å². The lowest BCUT2D eigenvalue weighted by molar-refractivity contribution is 0.548. The van der Waals surface area contributed by atoms with Gasteiger partial charge in [-0.2, -0.15) is 0 Å². The molecule has 0 saturated heterocycles. The van der Waals surface area contributed by atoms with E-state index in [0.717, 1.165) is 17.5 Å². The molecule has 5 heteroatoms. The van der Waals surface area contributed by atoms with Crippen LogP contribution in [0.3, 0.4) is 0 Å². The average Bonchev–Trinajstić information content (AvgIpc) is 2.73. The first kappa shape index (κ1) is 16.1. The van der Waals surface area contributed by atoms with E-state index >= 15 is 0 Å². The van der Waals surface area contributed by atoms with E-state index in [1.165, 1.54) is 12.8 Å². The molecule has 0 aliphatic heterocycles. The fraction of sp³-hybridized carbons (Fsp3) is 0.714. The van der Waals surface area contributed by atoms with E-state index in [9.17, 15) is 0 Å². The number of unbranched alkanes of at least 4 members (excludes halogenated alkanes) is 1. The SMILES string of the molecule is C=CCCC[C@@H](C)Sc1nnc(N(C)C)n1C(C)C. The van der Waals surface area contributed by atoms with Gasteiger partial charge in [0.05, 0.1) is 0 Å². The molecule has 1 atom stereocenters. The number of rotatable bonds is 8. The maximum Gasteiger partial charge on any atom is 0.227 e. The summed E-state index contributed by atoms with van der Waals surface area (Å²) in [5.74, 6) is 0.927. The van der Waals surface area contributed by atoms with Crippen LogP contribution in [0.1, 0.15) is 46.1 Å². The summed E-state index contributed by atoms with van der Waals surface area (Å²) in [5, 5.41) is 10.2. The number of aromatic nitrogens is 3. The topological polar surface area (TPSA) is 34.0 Å². The highest BCUT2D eigenvalue weighted by Crippen LogP contribution is 2.30. The summed E-state index contributed by atoms with van der Waals surface area (Å²) in [4.78, 5) is 2.01. The van der Waals surface area contributed by atoms with Crippen LogP contribution in [0.15, 0.2) is 17.8 Å². The van der Waals surface area contributed by atoms with Crippen molar-refractivity contribution in [1.82, 2.24) is 14.8 Å². The van der Waals surface area contributed by atoms with Crippen LogP contribution in [0.2, 0.25) is 0 Å². The molecule has 0 saturated carbocycles. The first-order valence-electron chi connectivity index (χ1n) is 6.87. The van der Waals surface area contributed by atoms with E-state index in [0.29, 0.717) is 11.3 Å². The van der Waals surface area contributed by atoms with Gasteiger partial charge < -0.3 is 4.90 Å². The molecule has 1 aromatic rings. The average molecular weight is 282 g/mol. The smallest absolute Gasteiger partial charge is 0.227 e. The Balaban J connectivity index is 2.75. The second-order valence-corrected chi connectivity index (χ2v) is 6.69. The van der Waals surface area contributed by atoms with Crippen molar-refractivity contribution in [3.63, 3.8) is 0 Å². The van der Waals surface area contributed by atoms with Crippen molar-refractivity contribution in [2.24, 2.45) is 0 Å². The third-order valence-electron chi connectivity index (χ3n) is 2.89. The molecule has 0 amide bonds. The van der Waals surface area contributed by atoms with Crippen LogP contribution in [0.25, 0.3) is 0 Å². The Bertz CT molecular complexity index is 398. The Kier molecular flexibility index (Phi) is 6.42. The van der Waals surface area contributed by atoms with Crippen LogP contribution in [-0.4, -0.2) is 34.1 Å². The van der Waals surface area contributed by atoms with Gasteiger partial charge in [-0.05, 0) is 33.1 Å². The molecule has 19 heavy (non-hydrogen) atoms. The zero-order chi connectivity index (χ0) is 14.4. The number of hydrogen-bond donors (Lipinski definition) is 0. The molecule has 1 aromatic heterocycles. The lowest BCUT2D eigenvalue weighted by Gasteiger charge is -2.19. The van der Waals surface area contributed by atoms with Gasteiger partial charge in [-0.3, -0.25) is 4.57 Å². The maximum atomic E-state index is 4.34. The summed E-state index contributed by atoms with van der Waals surface area (Å²) in [6, 6.07) is 0.371. The predicted molar refractivity (Wildman–Crippen MR) is 84.1 cm³/mol. The first-order valence-corrected chi connectivity index (χ1v) is 7.75. The van der Waals surface area contributed by atoms with Crippen LogP contribution >= 0.6 is 11.8 Å². The minimum atomic E-state index is 0.371. The molecule has 4 nitrogen and oxygen atoms in total. The third-order valence-corrected chi connectivity index (χ3v) is 4.02. The number of nitrogens with zero attached hydrogens (tertiary/aromatic N) is 4. The molecule has 1 heterocycles. The quantitative estimate of drug-likeness (QED) is 0.413. The summed E-state index contributed by atoms with van der Waals surface area (Å²) >= 11 is 1.82. The zero-order valence-corrected chi connectivity index (χ0v) is 13.6. The minimum Gasteiger partial charge on any atom is -0.347 e. The van der Waals surface area contributed by atoms with Gasteiger partial charge in [-0.1, -0.05) is 24.8 Å². The van der Waals surface area contributed by atoms with Crippen molar-refractivity contribution < 1.29 is 0 Å². The van der Waals surface area contributed by atoms with Gasteiger partial charge >= 0.3 is 0 Å². The summed E-state index contributed by atoms with van der Waals surface area (Å²) in [7, 11) is 4.01.